The number of likely N-dealkylation sites (tertiary alicyclic amines) is 1. The third-order valence-electron chi connectivity index (χ3n) is 4.73. The molecule has 0 aromatic heterocycles. The molecular formula is C20H23F2NO2. The molecule has 0 saturated carbocycles. The topological polar surface area (TPSA) is 21.7 Å². The van der Waals surface area contributed by atoms with E-state index in [4.69, 9.17) is 9.47 Å². The largest absolute Gasteiger partial charge is 0.496 e. The molecule has 134 valence electrons. The molecule has 0 N–H and O–H groups in total. The van der Waals surface area contributed by atoms with Gasteiger partial charge in [-0.25, -0.2) is 8.78 Å². The molecule has 5 heteroatoms. The minimum atomic E-state index is -0.511. The number of hydrogen-bond donors (Lipinski definition) is 0. The predicted molar refractivity (Wildman–Crippen MR) is 93.0 cm³/mol. The normalized spacial score (nSPS) is 17.7. The summed E-state index contributed by atoms with van der Waals surface area (Å²) in [4.78, 5) is 2.33. The van der Waals surface area contributed by atoms with Gasteiger partial charge in [-0.2, -0.15) is 0 Å². The van der Waals surface area contributed by atoms with Gasteiger partial charge in [-0.1, -0.05) is 6.07 Å². The van der Waals surface area contributed by atoms with Crippen molar-refractivity contribution in [3.8, 4) is 11.5 Å². The van der Waals surface area contributed by atoms with E-state index in [0.29, 0.717) is 12.3 Å². The maximum Gasteiger partial charge on any atom is 0.127 e. The first-order valence-corrected chi connectivity index (χ1v) is 8.46. The molecule has 3 rings (SSSR count). The molecule has 0 bridgehead atoms. The minimum absolute atomic E-state index is 0.391. The highest BCUT2D eigenvalue weighted by Gasteiger charge is 2.25. The second kappa shape index (κ2) is 7.83. The van der Waals surface area contributed by atoms with Gasteiger partial charge in [0, 0.05) is 19.2 Å². The maximum atomic E-state index is 13.4. The van der Waals surface area contributed by atoms with Crippen LogP contribution in [0.15, 0.2) is 36.4 Å². The highest BCUT2D eigenvalue weighted by molar-refractivity contribution is 5.44. The van der Waals surface area contributed by atoms with Crippen molar-refractivity contribution in [3.05, 3.63) is 59.2 Å². The molecule has 3 nitrogen and oxygen atoms in total. The lowest BCUT2D eigenvalue weighted by atomic mass is 9.98. The van der Waals surface area contributed by atoms with Crippen LogP contribution in [0.5, 0.6) is 11.5 Å². The monoisotopic (exact) mass is 347 g/mol. The lowest BCUT2D eigenvalue weighted by Crippen LogP contribution is -2.21. The van der Waals surface area contributed by atoms with Crippen molar-refractivity contribution >= 4 is 0 Å². The first kappa shape index (κ1) is 17.7. The third kappa shape index (κ3) is 4.28. The van der Waals surface area contributed by atoms with E-state index in [-0.39, 0.29) is 0 Å². The Hall–Kier alpha value is -2.14. The molecule has 0 spiro atoms. The summed E-state index contributed by atoms with van der Waals surface area (Å²) in [5.74, 6) is 0.999. The molecule has 1 heterocycles. The van der Waals surface area contributed by atoms with Gasteiger partial charge in [0.25, 0.3) is 0 Å². The molecule has 1 atom stereocenters. The zero-order valence-corrected chi connectivity index (χ0v) is 14.6. The van der Waals surface area contributed by atoms with Crippen LogP contribution in [0.25, 0.3) is 0 Å². The van der Waals surface area contributed by atoms with Gasteiger partial charge in [-0.05, 0) is 55.1 Å². The maximum absolute atomic E-state index is 13.4. The Morgan fingerprint density at radius 3 is 2.28 bits per heavy atom. The molecule has 0 radical (unpaired) electrons. The van der Waals surface area contributed by atoms with E-state index in [2.05, 4.69) is 4.90 Å². The molecular weight excluding hydrogens is 324 g/mol. The summed E-state index contributed by atoms with van der Waals surface area (Å²) in [6.07, 6.45) is 1.70. The van der Waals surface area contributed by atoms with Crippen LogP contribution in [-0.2, 0) is 13.0 Å². The SMILES string of the molecule is COc1cccc(OC)c1CN1CCC(Cc2cc(F)cc(F)c2)C1. The fraction of sp³-hybridized carbons (Fsp3) is 0.400. The van der Waals surface area contributed by atoms with Gasteiger partial charge in [-0.15, -0.1) is 0 Å². The molecule has 2 aromatic carbocycles. The quantitative estimate of drug-likeness (QED) is 0.787. The number of nitrogens with zero attached hydrogens (tertiary/aromatic N) is 1. The summed E-state index contributed by atoms with van der Waals surface area (Å²) in [5.41, 5.74) is 1.75. The number of benzene rings is 2. The smallest absolute Gasteiger partial charge is 0.127 e. The van der Waals surface area contributed by atoms with E-state index in [1.165, 1.54) is 12.1 Å². The van der Waals surface area contributed by atoms with Crippen LogP contribution < -0.4 is 9.47 Å². The van der Waals surface area contributed by atoms with E-state index < -0.39 is 11.6 Å². The van der Waals surface area contributed by atoms with E-state index in [0.717, 1.165) is 54.7 Å². The number of hydrogen-bond acceptors (Lipinski definition) is 3. The summed E-state index contributed by atoms with van der Waals surface area (Å²) in [7, 11) is 3.31. The van der Waals surface area contributed by atoms with E-state index in [9.17, 15) is 8.78 Å². The summed E-state index contributed by atoms with van der Waals surface area (Å²) in [6.45, 7) is 2.57. The molecule has 0 aliphatic carbocycles. The standard InChI is InChI=1S/C20H23F2NO2/c1-24-19-4-3-5-20(25-2)18(19)13-23-7-6-14(12-23)8-15-9-16(21)11-17(22)10-15/h3-5,9-11,14H,6-8,12-13H2,1-2H3. The average molecular weight is 347 g/mol. The Balaban J connectivity index is 1.66. The summed E-state index contributed by atoms with van der Waals surface area (Å²) in [6, 6.07) is 9.54. The van der Waals surface area contributed by atoms with Crippen molar-refractivity contribution in [1.29, 1.82) is 0 Å². The van der Waals surface area contributed by atoms with Crippen LogP contribution in [0, 0.1) is 17.6 Å². The molecule has 25 heavy (non-hydrogen) atoms. The van der Waals surface area contributed by atoms with Crippen LogP contribution in [0.4, 0.5) is 8.78 Å². The minimum Gasteiger partial charge on any atom is -0.496 e. The van der Waals surface area contributed by atoms with Gasteiger partial charge in [0.2, 0.25) is 0 Å². The molecule has 0 amide bonds. The highest BCUT2D eigenvalue weighted by Crippen LogP contribution is 2.32. The molecule has 1 fully saturated rings. The lowest BCUT2D eigenvalue weighted by Gasteiger charge is -2.20. The van der Waals surface area contributed by atoms with Crippen molar-refractivity contribution in [1.82, 2.24) is 4.90 Å². The Morgan fingerprint density at radius 1 is 1.04 bits per heavy atom. The van der Waals surface area contributed by atoms with E-state index in [1.54, 1.807) is 14.2 Å². The van der Waals surface area contributed by atoms with Gasteiger partial charge in [-0.3, -0.25) is 4.90 Å². The second-order valence-corrected chi connectivity index (χ2v) is 6.51. The van der Waals surface area contributed by atoms with Gasteiger partial charge in [0.1, 0.15) is 23.1 Å². The van der Waals surface area contributed by atoms with Gasteiger partial charge in [0.15, 0.2) is 0 Å². The van der Waals surface area contributed by atoms with Crippen LogP contribution in [-0.4, -0.2) is 32.2 Å². The van der Waals surface area contributed by atoms with Crippen molar-refractivity contribution in [2.45, 2.75) is 19.4 Å². The highest BCUT2D eigenvalue weighted by atomic mass is 19.1. The number of methoxy groups -OCH3 is 2. The summed E-state index contributed by atoms with van der Waals surface area (Å²) < 4.78 is 37.6. The van der Waals surface area contributed by atoms with Crippen LogP contribution >= 0.6 is 0 Å². The van der Waals surface area contributed by atoms with Crippen LogP contribution in [0.3, 0.4) is 0 Å². The first-order chi connectivity index (χ1) is 12.1. The van der Waals surface area contributed by atoms with Crippen molar-refractivity contribution in [3.63, 3.8) is 0 Å². The lowest BCUT2D eigenvalue weighted by molar-refractivity contribution is 0.298. The van der Waals surface area contributed by atoms with Crippen LogP contribution in [0.2, 0.25) is 0 Å². The number of rotatable bonds is 6. The molecule has 1 aliphatic heterocycles. The average Bonchev–Trinajstić information content (AvgIpc) is 3.01. The van der Waals surface area contributed by atoms with Gasteiger partial charge in [0.05, 0.1) is 19.8 Å². The molecule has 1 aliphatic rings. The van der Waals surface area contributed by atoms with Crippen LogP contribution in [0.1, 0.15) is 17.5 Å². The number of ether oxygens (including phenoxy) is 2. The zero-order valence-electron chi connectivity index (χ0n) is 14.6. The fourth-order valence-corrected chi connectivity index (χ4v) is 3.59. The van der Waals surface area contributed by atoms with Crippen molar-refractivity contribution in [2.75, 3.05) is 27.3 Å². The molecule has 1 saturated heterocycles. The van der Waals surface area contributed by atoms with Crippen molar-refractivity contribution < 1.29 is 18.3 Å². The van der Waals surface area contributed by atoms with Crippen molar-refractivity contribution in [2.24, 2.45) is 5.92 Å². The van der Waals surface area contributed by atoms with Gasteiger partial charge < -0.3 is 9.47 Å². The fourth-order valence-electron chi connectivity index (χ4n) is 3.59. The Morgan fingerprint density at radius 2 is 1.68 bits per heavy atom. The van der Waals surface area contributed by atoms with E-state index >= 15 is 0 Å². The number of halogens is 2. The van der Waals surface area contributed by atoms with E-state index in [1.807, 2.05) is 18.2 Å². The zero-order chi connectivity index (χ0) is 17.8. The molecule has 1 unspecified atom stereocenters. The Labute approximate surface area is 147 Å². The summed E-state index contributed by atoms with van der Waals surface area (Å²) >= 11 is 0. The Kier molecular flexibility index (Phi) is 5.53. The predicted octanol–water partition coefficient (Wildman–Crippen LogP) is 4.05. The van der Waals surface area contributed by atoms with Gasteiger partial charge >= 0.3 is 0 Å². The summed E-state index contributed by atoms with van der Waals surface area (Å²) in [5, 5.41) is 0. The Bertz CT molecular complexity index is 693. The third-order valence-corrected chi connectivity index (χ3v) is 4.73. The second-order valence-electron chi connectivity index (χ2n) is 6.51. The molecule has 2 aromatic rings. The first-order valence-electron chi connectivity index (χ1n) is 8.46.